The predicted molar refractivity (Wildman–Crippen MR) is 78.5 cm³/mol. The highest BCUT2D eigenvalue weighted by Gasteiger charge is 2.21. The molecule has 0 aliphatic heterocycles. The first-order valence-corrected chi connectivity index (χ1v) is 6.78. The van der Waals surface area contributed by atoms with Crippen molar-refractivity contribution >= 4 is 23.2 Å². The van der Waals surface area contributed by atoms with Crippen LogP contribution in [0.15, 0.2) is 30.3 Å². The Bertz CT molecular complexity index is 644. The number of nitrogens with one attached hydrogen (secondary N) is 1. The molecule has 1 nitrogen and oxygen atoms in total. The summed E-state index contributed by atoms with van der Waals surface area (Å²) in [6.45, 7) is 1.52. The van der Waals surface area contributed by atoms with Crippen LogP contribution in [0.25, 0.3) is 0 Å². The van der Waals surface area contributed by atoms with Gasteiger partial charge in [-0.3, -0.25) is 0 Å². The third-order valence-corrected chi connectivity index (χ3v) is 3.74. The molecule has 1 atom stereocenters. The van der Waals surface area contributed by atoms with Crippen molar-refractivity contribution < 1.29 is 8.78 Å². The number of rotatable bonds is 3. The number of hydrogen-bond donors (Lipinski definition) is 1. The molecule has 0 spiro atoms. The van der Waals surface area contributed by atoms with Crippen molar-refractivity contribution in [2.45, 2.75) is 13.0 Å². The van der Waals surface area contributed by atoms with Gasteiger partial charge in [-0.15, -0.1) is 0 Å². The fraction of sp³-hybridized carbons (Fsp3) is 0.200. The maximum Gasteiger partial charge on any atom is 0.164 e. The van der Waals surface area contributed by atoms with Crippen LogP contribution in [0.5, 0.6) is 0 Å². The van der Waals surface area contributed by atoms with Crippen LogP contribution in [-0.4, -0.2) is 7.05 Å². The van der Waals surface area contributed by atoms with Crippen LogP contribution in [0.2, 0.25) is 10.0 Å². The summed E-state index contributed by atoms with van der Waals surface area (Å²) in [5.74, 6) is -1.71. The van der Waals surface area contributed by atoms with E-state index in [1.165, 1.54) is 6.92 Å². The van der Waals surface area contributed by atoms with Gasteiger partial charge in [0.05, 0.1) is 6.04 Å². The minimum atomic E-state index is -0.865. The van der Waals surface area contributed by atoms with Gasteiger partial charge in [0.2, 0.25) is 0 Å². The molecule has 0 saturated carbocycles. The highest BCUT2D eigenvalue weighted by atomic mass is 35.5. The molecule has 20 heavy (non-hydrogen) atoms. The van der Waals surface area contributed by atoms with Gasteiger partial charge in [-0.05, 0) is 37.2 Å². The molecule has 0 bridgehead atoms. The molecule has 1 unspecified atom stereocenters. The lowest BCUT2D eigenvalue weighted by molar-refractivity contribution is 0.482. The van der Waals surface area contributed by atoms with Gasteiger partial charge in [0.25, 0.3) is 0 Å². The first-order chi connectivity index (χ1) is 9.45. The Morgan fingerprint density at radius 1 is 1.00 bits per heavy atom. The molecule has 0 aliphatic carbocycles. The van der Waals surface area contributed by atoms with Crippen LogP contribution in [0.1, 0.15) is 22.7 Å². The molecule has 106 valence electrons. The Balaban J connectivity index is 2.55. The highest BCUT2D eigenvalue weighted by Crippen LogP contribution is 2.32. The second kappa shape index (κ2) is 6.08. The SMILES string of the molecule is CNC(c1ccc(Cl)cc1Cl)c1ccc(C)c(F)c1F. The van der Waals surface area contributed by atoms with Crippen molar-refractivity contribution in [3.63, 3.8) is 0 Å². The topological polar surface area (TPSA) is 12.0 Å². The zero-order chi connectivity index (χ0) is 14.9. The molecule has 0 fully saturated rings. The lowest BCUT2D eigenvalue weighted by atomic mass is 9.97. The molecular weight excluding hydrogens is 303 g/mol. The number of aryl methyl sites for hydroxylation is 1. The normalized spacial score (nSPS) is 12.5. The smallest absolute Gasteiger partial charge is 0.164 e. The Labute approximate surface area is 126 Å². The summed E-state index contributed by atoms with van der Waals surface area (Å²) >= 11 is 12.0. The Kier molecular flexibility index (Phi) is 4.63. The van der Waals surface area contributed by atoms with Gasteiger partial charge in [0, 0.05) is 15.6 Å². The van der Waals surface area contributed by atoms with E-state index >= 15 is 0 Å². The lowest BCUT2D eigenvalue weighted by Crippen LogP contribution is -2.20. The molecule has 1 N–H and O–H groups in total. The predicted octanol–water partition coefficient (Wildman–Crippen LogP) is 4.89. The summed E-state index contributed by atoms with van der Waals surface area (Å²) in [7, 11) is 1.66. The van der Waals surface area contributed by atoms with Gasteiger partial charge >= 0.3 is 0 Å². The van der Waals surface area contributed by atoms with Gasteiger partial charge in [0.1, 0.15) is 0 Å². The molecular formula is C15H13Cl2F2N. The zero-order valence-electron chi connectivity index (χ0n) is 11.0. The van der Waals surface area contributed by atoms with Crippen molar-refractivity contribution in [2.24, 2.45) is 0 Å². The summed E-state index contributed by atoms with van der Waals surface area (Å²) in [6.07, 6.45) is 0. The van der Waals surface area contributed by atoms with E-state index in [9.17, 15) is 8.78 Å². The summed E-state index contributed by atoms with van der Waals surface area (Å²) in [6, 6.07) is 7.49. The minimum Gasteiger partial charge on any atom is -0.309 e. The highest BCUT2D eigenvalue weighted by molar-refractivity contribution is 6.35. The maximum atomic E-state index is 14.1. The molecule has 2 aromatic rings. The lowest BCUT2D eigenvalue weighted by Gasteiger charge is -2.20. The zero-order valence-corrected chi connectivity index (χ0v) is 12.5. The third-order valence-electron chi connectivity index (χ3n) is 3.18. The van der Waals surface area contributed by atoms with Gasteiger partial charge in [-0.25, -0.2) is 8.78 Å². The van der Waals surface area contributed by atoms with Crippen LogP contribution in [0, 0.1) is 18.6 Å². The van der Waals surface area contributed by atoms with Crippen molar-refractivity contribution in [3.05, 3.63) is 68.7 Å². The second-order valence-electron chi connectivity index (χ2n) is 4.49. The average Bonchev–Trinajstić information content (AvgIpc) is 2.41. The van der Waals surface area contributed by atoms with Crippen LogP contribution in [0.4, 0.5) is 8.78 Å². The second-order valence-corrected chi connectivity index (χ2v) is 5.33. The van der Waals surface area contributed by atoms with Crippen LogP contribution >= 0.6 is 23.2 Å². The van der Waals surface area contributed by atoms with Gasteiger partial charge < -0.3 is 5.32 Å². The van der Waals surface area contributed by atoms with E-state index in [1.54, 1.807) is 37.4 Å². The van der Waals surface area contributed by atoms with Crippen LogP contribution < -0.4 is 5.32 Å². The summed E-state index contributed by atoms with van der Waals surface area (Å²) in [4.78, 5) is 0. The van der Waals surface area contributed by atoms with Crippen molar-refractivity contribution in [2.75, 3.05) is 7.05 Å². The van der Waals surface area contributed by atoms with Gasteiger partial charge in [0.15, 0.2) is 11.6 Å². The molecule has 5 heteroatoms. The van der Waals surface area contributed by atoms with Crippen molar-refractivity contribution in [1.82, 2.24) is 5.32 Å². The number of hydrogen-bond acceptors (Lipinski definition) is 1. The summed E-state index contributed by atoms with van der Waals surface area (Å²) in [5, 5.41) is 3.84. The standard InChI is InChI=1S/C15H13Cl2F2N/c1-8-3-5-11(14(19)13(8)18)15(20-2)10-6-4-9(16)7-12(10)17/h3-7,15,20H,1-2H3. The fourth-order valence-corrected chi connectivity index (χ4v) is 2.62. The molecule has 0 amide bonds. The number of halogens is 4. The van der Waals surface area contributed by atoms with E-state index in [-0.39, 0.29) is 11.1 Å². The minimum absolute atomic E-state index is 0.208. The molecule has 0 saturated heterocycles. The van der Waals surface area contributed by atoms with E-state index in [4.69, 9.17) is 23.2 Å². The molecule has 0 radical (unpaired) electrons. The Hall–Kier alpha value is -1.16. The van der Waals surface area contributed by atoms with E-state index in [0.29, 0.717) is 15.6 Å². The van der Waals surface area contributed by atoms with E-state index in [1.807, 2.05) is 0 Å². The van der Waals surface area contributed by atoms with E-state index in [0.717, 1.165) is 0 Å². The Morgan fingerprint density at radius 3 is 2.25 bits per heavy atom. The fourth-order valence-electron chi connectivity index (χ4n) is 2.10. The Morgan fingerprint density at radius 2 is 1.65 bits per heavy atom. The molecule has 2 rings (SSSR count). The molecule has 2 aromatic carbocycles. The van der Waals surface area contributed by atoms with Crippen LogP contribution in [-0.2, 0) is 0 Å². The first kappa shape index (κ1) is 15.2. The summed E-state index contributed by atoms with van der Waals surface area (Å²) < 4.78 is 27.8. The van der Waals surface area contributed by atoms with Crippen LogP contribution in [0.3, 0.4) is 0 Å². The van der Waals surface area contributed by atoms with E-state index in [2.05, 4.69) is 5.32 Å². The number of benzene rings is 2. The average molecular weight is 316 g/mol. The molecule has 0 aliphatic rings. The monoisotopic (exact) mass is 315 g/mol. The van der Waals surface area contributed by atoms with Gasteiger partial charge in [-0.2, -0.15) is 0 Å². The molecule has 0 heterocycles. The van der Waals surface area contributed by atoms with Crippen molar-refractivity contribution in [1.29, 1.82) is 0 Å². The van der Waals surface area contributed by atoms with Crippen molar-refractivity contribution in [3.8, 4) is 0 Å². The first-order valence-electron chi connectivity index (χ1n) is 6.02. The third kappa shape index (κ3) is 2.80. The maximum absolute atomic E-state index is 14.1. The largest absolute Gasteiger partial charge is 0.309 e. The molecule has 0 aromatic heterocycles. The quantitative estimate of drug-likeness (QED) is 0.850. The summed E-state index contributed by atoms with van der Waals surface area (Å²) in [5.41, 5.74) is 1.11. The van der Waals surface area contributed by atoms with Gasteiger partial charge in [-0.1, -0.05) is 41.4 Å². The van der Waals surface area contributed by atoms with E-state index < -0.39 is 17.7 Å².